The van der Waals surface area contributed by atoms with Crippen LogP contribution >= 0.6 is 15.9 Å². The summed E-state index contributed by atoms with van der Waals surface area (Å²) in [5.41, 5.74) is 6.74. The monoisotopic (exact) mass is 279 g/mol. The summed E-state index contributed by atoms with van der Waals surface area (Å²) in [6, 6.07) is 1.61. The average molecular weight is 280 g/mol. The Bertz CT molecular complexity index is 456. The maximum atomic E-state index is 11.1. The lowest BCUT2D eigenvalue weighted by molar-refractivity contribution is 0.482. The van der Waals surface area contributed by atoms with Crippen LogP contribution in [0.4, 0.5) is 5.69 Å². The Labute approximate surface area is 91.0 Å². The Morgan fingerprint density at radius 2 is 1.86 bits per heavy atom. The van der Waals surface area contributed by atoms with E-state index in [4.69, 9.17) is 10.3 Å². The molecule has 0 amide bonds. The molecule has 0 aliphatic carbocycles. The van der Waals surface area contributed by atoms with Gasteiger partial charge in [-0.2, -0.15) is 8.42 Å². The molecule has 1 rings (SSSR count). The second-order valence-corrected chi connectivity index (χ2v) is 5.21. The molecule has 0 aliphatic heterocycles. The smallest absolute Gasteiger partial charge is 0.295 e. The summed E-state index contributed by atoms with van der Waals surface area (Å²) in [5.74, 6) is 0. The third-order valence-corrected chi connectivity index (χ3v) is 3.96. The average Bonchev–Trinajstić information content (AvgIpc) is 1.98. The lowest BCUT2D eigenvalue weighted by Crippen LogP contribution is -2.06. The van der Waals surface area contributed by atoms with Gasteiger partial charge in [0.2, 0.25) is 0 Å². The maximum Gasteiger partial charge on any atom is 0.295 e. The number of nitrogen functional groups attached to an aromatic ring is 1. The van der Waals surface area contributed by atoms with Crippen LogP contribution in [0.1, 0.15) is 11.1 Å². The molecule has 0 bridgehead atoms. The van der Waals surface area contributed by atoms with E-state index in [1.165, 1.54) is 0 Å². The summed E-state index contributed by atoms with van der Waals surface area (Å²) in [7, 11) is -4.22. The molecule has 1 aromatic carbocycles. The van der Waals surface area contributed by atoms with Crippen molar-refractivity contribution in [3.05, 3.63) is 21.7 Å². The van der Waals surface area contributed by atoms with Crippen LogP contribution in [-0.4, -0.2) is 13.0 Å². The minimum Gasteiger partial charge on any atom is -0.398 e. The van der Waals surface area contributed by atoms with Gasteiger partial charge in [0, 0.05) is 10.2 Å². The zero-order valence-corrected chi connectivity index (χ0v) is 10.1. The molecule has 78 valence electrons. The quantitative estimate of drug-likeness (QED) is 0.608. The van der Waals surface area contributed by atoms with Gasteiger partial charge in [0.05, 0.1) is 0 Å². The fraction of sp³-hybridized carbons (Fsp3) is 0.250. The molecular formula is C8H10BrNO3S. The van der Waals surface area contributed by atoms with Crippen molar-refractivity contribution < 1.29 is 13.0 Å². The van der Waals surface area contributed by atoms with Crippen LogP contribution in [0.15, 0.2) is 15.4 Å². The fourth-order valence-electron chi connectivity index (χ4n) is 1.26. The lowest BCUT2D eigenvalue weighted by Gasteiger charge is -2.10. The first-order chi connectivity index (χ1) is 6.25. The lowest BCUT2D eigenvalue weighted by atomic mass is 10.1. The largest absolute Gasteiger partial charge is 0.398 e. The Morgan fingerprint density at radius 1 is 1.36 bits per heavy atom. The van der Waals surface area contributed by atoms with E-state index >= 15 is 0 Å². The highest BCUT2D eigenvalue weighted by Gasteiger charge is 2.19. The summed E-state index contributed by atoms with van der Waals surface area (Å²) < 4.78 is 31.7. The van der Waals surface area contributed by atoms with Crippen molar-refractivity contribution in [1.82, 2.24) is 0 Å². The van der Waals surface area contributed by atoms with Gasteiger partial charge in [-0.25, -0.2) is 0 Å². The van der Waals surface area contributed by atoms with Crippen molar-refractivity contribution in [3.63, 3.8) is 0 Å². The van der Waals surface area contributed by atoms with Crippen LogP contribution in [0.5, 0.6) is 0 Å². The first kappa shape index (κ1) is 11.5. The molecule has 0 atom stereocenters. The predicted molar refractivity (Wildman–Crippen MR) is 57.8 cm³/mol. The molecule has 0 fully saturated rings. The molecule has 0 saturated carbocycles. The first-order valence-corrected chi connectivity index (χ1v) is 6.01. The predicted octanol–water partition coefficient (Wildman–Crippen LogP) is 1.89. The zero-order valence-electron chi connectivity index (χ0n) is 7.70. The van der Waals surface area contributed by atoms with Crippen LogP contribution in [-0.2, 0) is 10.1 Å². The molecule has 14 heavy (non-hydrogen) atoms. The molecule has 0 unspecified atom stereocenters. The van der Waals surface area contributed by atoms with Crippen LogP contribution in [0.3, 0.4) is 0 Å². The Kier molecular flexibility index (Phi) is 2.89. The van der Waals surface area contributed by atoms with Gasteiger partial charge in [-0.15, -0.1) is 0 Å². The SMILES string of the molecule is Cc1c(N)cc(Br)c(C)c1S(=O)(=O)O. The fourth-order valence-corrected chi connectivity index (χ4v) is 2.84. The van der Waals surface area contributed by atoms with Crippen molar-refractivity contribution in [1.29, 1.82) is 0 Å². The van der Waals surface area contributed by atoms with Crippen molar-refractivity contribution >= 4 is 31.7 Å². The number of halogens is 1. The molecule has 0 aromatic heterocycles. The standard InChI is InChI=1S/C8H10BrNO3S/c1-4-6(9)3-7(10)5(2)8(4)14(11,12)13/h3H,10H2,1-2H3,(H,11,12,13). The minimum atomic E-state index is -4.22. The number of nitrogens with two attached hydrogens (primary N) is 1. The molecule has 1 aromatic rings. The van der Waals surface area contributed by atoms with Gasteiger partial charge in [-0.05, 0) is 31.0 Å². The molecular weight excluding hydrogens is 270 g/mol. The van der Waals surface area contributed by atoms with Gasteiger partial charge in [0.1, 0.15) is 4.90 Å². The van der Waals surface area contributed by atoms with E-state index in [9.17, 15) is 8.42 Å². The second-order valence-electron chi connectivity index (χ2n) is 3.00. The van der Waals surface area contributed by atoms with Crippen molar-refractivity contribution in [2.75, 3.05) is 5.73 Å². The highest BCUT2D eigenvalue weighted by Crippen LogP contribution is 2.30. The first-order valence-electron chi connectivity index (χ1n) is 3.78. The van der Waals surface area contributed by atoms with Crippen LogP contribution < -0.4 is 5.73 Å². The van der Waals surface area contributed by atoms with Gasteiger partial charge >= 0.3 is 0 Å². The van der Waals surface area contributed by atoms with E-state index in [-0.39, 0.29) is 4.90 Å². The molecule has 0 saturated heterocycles. The topological polar surface area (TPSA) is 80.4 Å². The molecule has 0 aliphatic rings. The van der Waals surface area contributed by atoms with Gasteiger partial charge in [-0.1, -0.05) is 15.9 Å². The molecule has 4 nitrogen and oxygen atoms in total. The van der Waals surface area contributed by atoms with Gasteiger partial charge in [-0.3, -0.25) is 4.55 Å². The Morgan fingerprint density at radius 3 is 2.29 bits per heavy atom. The Balaban J connectivity index is 3.74. The highest BCUT2D eigenvalue weighted by atomic mass is 79.9. The van der Waals surface area contributed by atoms with E-state index in [0.29, 0.717) is 21.3 Å². The third-order valence-electron chi connectivity index (χ3n) is 2.01. The molecule has 0 heterocycles. The van der Waals surface area contributed by atoms with Crippen LogP contribution in [0.25, 0.3) is 0 Å². The third kappa shape index (κ3) is 1.92. The van der Waals surface area contributed by atoms with E-state index in [0.717, 1.165) is 0 Å². The number of anilines is 1. The van der Waals surface area contributed by atoms with E-state index in [2.05, 4.69) is 15.9 Å². The molecule has 0 radical (unpaired) electrons. The van der Waals surface area contributed by atoms with Gasteiger partial charge in [0.15, 0.2) is 0 Å². The van der Waals surface area contributed by atoms with E-state index < -0.39 is 10.1 Å². The minimum absolute atomic E-state index is 0.121. The summed E-state index contributed by atoms with van der Waals surface area (Å²) in [5, 5.41) is 0. The molecule has 6 heteroatoms. The zero-order chi connectivity index (χ0) is 11.1. The van der Waals surface area contributed by atoms with Crippen LogP contribution in [0.2, 0.25) is 0 Å². The number of hydrogen-bond acceptors (Lipinski definition) is 3. The number of hydrogen-bond donors (Lipinski definition) is 2. The maximum absolute atomic E-state index is 11.1. The summed E-state index contributed by atoms with van der Waals surface area (Å²) in [6.45, 7) is 3.15. The second kappa shape index (κ2) is 3.52. The highest BCUT2D eigenvalue weighted by molar-refractivity contribution is 9.10. The van der Waals surface area contributed by atoms with Gasteiger partial charge < -0.3 is 5.73 Å². The number of rotatable bonds is 1. The molecule has 3 N–H and O–H groups in total. The Hall–Kier alpha value is -0.590. The summed E-state index contributed by atoms with van der Waals surface area (Å²) in [6.07, 6.45) is 0. The van der Waals surface area contributed by atoms with Crippen LogP contribution in [0, 0.1) is 13.8 Å². The summed E-state index contributed by atoms with van der Waals surface area (Å²) in [4.78, 5) is -0.121. The van der Waals surface area contributed by atoms with Crippen molar-refractivity contribution in [3.8, 4) is 0 Å². The summed E-state index contributed by atoms with van der Waals surface area (Å²) >= 11 is 3.17. The van der Waals surface area contributed by atoms with E-state index in [1.54, 1.807) is 19.9 Å². The molecule has 0 spiro atoms. The van der Waals surface area contributed by atoms with Crippen molar-refractivity contribution in [2.24, 2.45) is 0 Å². The van der Waals surface area contributed by atoms with Crippen molar-refractivity contribution in [2.45, 2.75) is 18.7 Å². The number of benzene rings is 1. The van der Waals surface area contributed by atoms with E-state index in [1.807, 2.05) is 0 Å². The van der Waals surface area contributed by atoms with Gasteiger partial charge in [0.25, 0.3) is 10.1 Å². The normalized spacial score (nSPS) is 11.7.